The molecule has 1 atom stereocenters. The Morgan fingerprint density at radius 2 is 1.70 bits per heavy atom. The van der Waals surface area contributed by atoms with E-state index in [9.17, 15) is 4.79 Å². The van der Waals surface area contributed by atoms with Crippen LogP contribution in [-0.2, 0) is 4.79 Å². The van der Waals surface area contributed by atoms with Crippen molar-refractivity contribution in [2.75, 3.05) is 0 Å². The molecule has 1 unspecified atom stereocenters. The van der Waals surface area contributed by atoms with Gasteiger partial charge in [0, 0.05) is 17.5 Å². The molecule has 1 N–H and O–H groups in total. The minimum absolute atomic E-state index is 0.0126. The highest BCUT2D eigenvalue weighted by Gasteiger charge is 2.24. The molecule has 0 spiro atoms. The summed E-state index contributed by atoms with van der Waals surface area (Å²) in [7, 11) is 0. The van der Waals surface area contributed by atoms with Gasteiger partial charge in [0.1, 0.15) is 0 Å². The average molecular weight is 308 g/mol. The number of fused-ring (bicyclic) bond motifs is 1. The van der Waals surface area contributed by atoms with Gasteiger partial charge in [0.2, 0.25) is 6.29 Å². The molecule has 0 fully saturated rings. The van der Waals surface area contributed by atoms with E-state index < -0.39 is 12.3 Å². The molecular formula is C19H16O4. The number of aliphatic carboxylic acids is 1. The molecule has 2 aromatic carbocycles. The largest absolute Gasteiger partial charge is 0.481 e. The van der Waals surface area contributed by atoms with Crippen molar-refractivity contribution in [1.29, 1.82) is 0 Å². The fourth-order valence-corrected chi connectivity index (χ4v) is 2.22. The third kappa shape index (κ3) is 3.83. The van der Waals surface area contributed by atoms with Crippen molar-refractivity contribution in [1.82, 2.24) is 0 Å². The number of ether oxygens (including phenoxy) is 2. The van der Waals surface area contributed by atoms with Crippen molar-refractivity contribution >= 4 is 5.97 Å². The van der Waals surface area contributed by atoms with Crippen LogP contribution in [0.2, 0.25) is 0 Å². The zero-order chi connectivity index (χ0) is 16.2. The molecule has 0 radical (unpaired) electrons. The molecule has 2 aromatic rings. The van der Waals surface area contributed by atoms with E-state index in [0.29, 0.717) is 17.9 Å². The topological polar surface area (TPSA) is 55.8 Å². The Kier molecular flexibility index (Phi) is 4.20. The number of hydrogen-bond acceptors (Lipinski definition) is 3. The fraction of sp³-hybridized carbons (Fsp3) is 0.211. The first-order valence-corrected chi connectivity index (χ1v) is 7.38. The van der Waals surface area contributed by atoms with Crippen LogP contribution in [-0.4, -0.2) is 17.4 Å². The molecule has 4 nitrogen and oxygen atoms in total. The zero-order valence-electron chi connectivity index (χ0n) is 12.7. The maximum Gasteiger partial charge on any atom is 0.303 e. The van der Waals surface area contributed by atoms with Gasteiger partial charge in [-0.2, -0.15) is 0 Å². The van der Waals surface area contributed by atoms with Crippen LogP contribution < -0.4 is 9.47 Å². The molecule has 1 aliphatic rings. The molecule has 1 aliphatic heterocycles. The van der Waals surface area contributed by atoms with Gasteiger partial charge in [-0.25, -0.2) is 0 Å². The summed E-state index contributed by atoms with van der Waals surface area (Å²) >= 11 is 0. The van der Waals surface area contributed by atoms with Gasteiger partial charge in [-0.15, -0.1) is 0 Å². The van der Waals surface area contributed by atoms with Crippen molar-refractivity contribution in [3.05, 3.63) is 59.2 Å². The second kappa shape index (κ2) is 6.45. The Bertz CT molecular complexity index is 781. The molecule has 0 amide bonds. The summed E-state index contributed by atoms with van der Waals surface area (Å²) in [6.07, 6.45) is -0.214. The van der Waals surface area contributed by atoms with E-state index in [-0.39, 0.29) is 6.42 Å². The smallest absolute Gasteiger partial charge is 0.303 e. The summed E-state index contributed by atoms with van der Waals surface area (Å²) in [6.45, 7) is 2.04. The number of benzene rings is 2. The SMILES string of the molecule is Cc1ccc(C#Cc2ccc3c(c2)OC(CCC(=O)O)O3)cc1. The Labute approximate surface area is 134 Å². The number of carbonyl (C=O) groups is 1. The molecule has 0 aromatic heterocycles. The molecule has 23 heavy (non-hydrogen) atoms. The molecule has 0 bridgehead atoms. The van der Waals surface area contributed by atoms with Crippen LogP contribution in [0.1, 0.15) is 29.5 Å². The van der Waals surface area contributed by atoms with Crippen LogP contribution in [0.15, 0.2) is 42.5 Å². The summed E-state index contributed by atoms with van der Waals surface area (Å²) in [5.74, 6) is 6.57. The number of carboxylic acid groups (broad SMARTS) is 1. The van der Waals surface area contributed by atoms with Gasteiger partial charge in [0.15, 0.2) is 11.5 Å². The lowest BCUT2D eigenvalue weighted by Gasteiger charge is -2.07. The maximum absolute atomic E-state index is 10.6. The number of carboxylic acids is 1. The Morgan fingerprint density at radius 3 is 2.43 bits per heavy atom. The van der Waals surface area contributed by atoms with Crippen LogP contribution in [0, 0.1) is 18.8 Å². The number of rotatable bonds is 3. The fourth-order valence-electron chi connectivity index (χ4n) is 2.22. The maximum atomic E-state index is 10.6. The molecule has 0 saturated heterocycles. The van der Waals surface area contributed by atoms with Crippen LogP contribution in [0.4, 0.5) is 0 Å². The van der Waals surface area contributed by atoms with Crippen LogP contribution >= 0.6 is 0 Å². The van der Waals surface area contributed by atoms with E-state index in [1.165, 1.54) is 5.56 Å². The van der Waals surface area contributed by atoms with Crippen molar-refractivity contribution in [2.45, 2.75) is 26.1 Å². The van der Waals surface area contributed by atoms with E-state index in [4.69, 9.17) is 14.6 Å². The van der Waals surface area contributed by atoms with Crippen LogP contribution in [0.25, 0.3) is 0 Å². The third-order valence-electron chi connectivity index (χ3n) is 3.46. The van der Waals surface area contributed by atoms with Crippen LogP contribution in [0.5, 0.6) is 11.5 Å². The van der Waals surface area contributed by atoms with Crippen molar-refractivity contribution in [3.8, 4) is 23.3 Å². The summed E-state index contributed by atoms with van der Waals surface area (Å²) in [4.78, 5) is 10.6. The predicted octanol–water partition coefficient (Wildman–Crippen LogP) is 3.36. The number of hydrogen-bond donors (Lipinski definition) is 1. The van der Waals surface area contributed by atoms with Gasteiger partial charge in [0.25, 0.3) is 0 Å². The van der Waals surface area contributed by atoms with Crippen molar-refractivity contribution < 1.29 is 19.4 Å². The van der Waals surface area contributed by atoms with Crippen molar-refractivity contribution in [3.63, 3.8) is 0 Å². The minimum Gasteiger partial charge on any atom is -0.481 e. The van der Waals surface area contributed by atoms with Gasteiger partial charge in [-0.1, -0.05) is 29.5 Å². The lowest BCUT2D eigenvalue weighted by molar-refractivity contribution is -0.138. The van der Waals surface area contributed by atoms with E-state index in [2.05, 4.69) is 11.8 Å². The quantitative estimate of drug-likeness (QED) is 0.883. The molecular weight excluding hydrogens is 292 g/mol. The summed E-state index contributed by atoms with van der Waals surface area (Å²) in [5.41, 5.74) is 2.98. The standard InChI is InChI=1S/C19H16O4/c1-13-2-4-14(5-3-13)6-7-15-8-9-16-17(12-15)23-19(22-16)11-10-18(20)21/h2-5,8-9,12,19H,10-11H2,1H3,(H,20,21). The highest BCUT2D eigenvalue weighted by Crippen LogP contribution is 2.36. The first-order chi connectivity index (χ1) is 11.1. The first-order valence-electron chi connectivity index (χ1n) is 7.38. The Balaban J connectivity index is 1.70. The van der Waals surface area contributed by atoms with Gasteiger partial charge >= 0.3 is 5.97 Å². The Morgan fingerprint density at radius 1 is 1.04 bits per heavy atom. The average Bonchev–Trinajstić information content (AvgIpc) is 2.94. The highest BCUT2D eigenvalue weighted by molar-refractivity contribution is 5.66. The summed E-state index contributed by atoms with van der Waals surface area (Å²) in [6, 6.07) is 13.5. The van der Waals surface area contributed by atoms with E-state index in [1.54, 1.807) is 6.07 Å². The monoisotopic (exact) mass is 308 g/mol. The molecule has 4 heteroatoms. The van der Waals surface area contributed by atoms with E-state index in [1.807, 2.05) is 43.3 Å². The van der Waals surface area contributed by atoms with Gasteiger partial charge in [0.05, 0.1) is 6.42 Å². The van der Waals surface area contributed by atoms with E-state index in [0.717, 1.165) is 11.1 Å². The van der Waals surface area contributed by atoms with Gasteiger partial charge in [-0.3, -0.25) is 4.79 Å². The lowest BCUT2D eigenvalue weighted by Crippen LogP contribution is -2.19. The summed E-state index contributed by atoms with van der Waals surface area (Å²) < 4.78 is 11.2. The molecule has 116 valence electrons. The van der Waals surface area contributed by atoms with Crippen molar-refractivity contribution in [2.24, 2.45) is 0 Å². The second-order valence-corrected chi connectivity index (χ2v) is 5.38. The molecule has 1 heterocycles. The van der Waals surface area contributed by atoms with Gasteiger partial charge < -0.3 is 14.6 Å². The predicted molar refractivity (Wildman–Crippen MR) is 85.5 cm³/mol. The zero-order valence-corrected chi connectivity index (χ0v) is 12.7. The Hall–Kier alpha value is -2.93. The second-order valence-electron chi connectivity index (χ2n) is 5.38. The number of aryl methyl sites for hydroxylation is 1. The van der Waals surface area contributed by atoms with Crippen LogP contribution in [0.3, 0.4) is 0 Å². The first kappa shape index (κ1) is 15.0. The van der Waals surface area contributed by atoms with E-state index >= 15 is 0 Å². The highest BCUT2D eigenvalue weighted by atomic mass is 16.7. The summed E-state index contributed by atoms with van der Waals surface area (Å²) in [5, 5.41) is 8.70. The molecule has 0 aliphatic carbocycles. The van der Waals surface area contributed by atoms with Gasteiger partial charge in [-0.05, 0) is 37.3 Å². The molecule has 0 saturated carbocycles. The normalized spacial score (nSPS) is 14.9. The molecule has 3 rings (SSSR count). The minimum atomic E-state index is -0.863. The lowest BCUT2D eigenvalue weighted by atomic mass is 10.1. The third-order valence-corrected chi connectivity index (χ3v) is 3.46.